The zero-order valence-electron chi connectivity index (χ0n) is 17.5. The second-order valence-electron chi connectivity index (χ2n) is 7.24. The molecule has 1 aromatic carbocycles. The average Bonchev–Trinajstić information content (AvgIpc) is 2.74. The highest BCUT2D eigenvalue weighted by atomic mass is 16.5. The molecule has 2 rings (SSSR count). The molecule has 1 unspecified atom stereocenters. The number of hydrogen-bond donors (Lipinski definition) is 1. The fraction of sp³-hybridized carbons (Fsp3) is 0.636. The Kier molecular flexibility index (Phi) is 9.11. The minimum atomic E-state index is -0.132. The van der Waals surface area contributed by atoms with Gasteiger partial charge in [0, 0.05) is 25.2 Å². The van der Waals surface area contributed by atoms with Crippen molar-refractivity contribution < 1.29 is 19.1 Å². The molecule has 0 aromatic heterocycles. The van der Waals surface area contributed by atoms with E-state index in [0.717, 1.165) is 32.1 Å². The quantitative estimate of drug-likeness (QED) is 0.662. The zero-order chi connectivity index (χ0) is 20.4. The first kappa shape index (κ1) is 22.1. The Morgan fingerprint density at radius 1 is 1.07 bits per heavy atom. The van der Waals surface area contributed by atoms with E-state index in [-0.39, 0.29) is 17.7 Å². The summed E-state index contributed by atoms with van der Waals surface area (Å²) < 4.78 is 11.6. The second kappa shape index (κ2) is 11.6. The minimum absolute atomic E-state index is 0.0506. The highest BCUT2D eigenvalue weighted by Gasteiger charge is 2.29. The Labute approximate surface area is 168 Å². The number of carbonyl (C=O) groups is 2. The van der Waals surface area contributed by atoms with Crippen LogP contribution in [0.25, 0.3) is 0 Å². The van der Waals surface area contributed by atoms with Gasteiger partial charge in [0.05, 0.1) is 19.1 Å². The van der Waals surface area contributed by atoms with E-state index in [1.165, 1.54) is 0 Å². The van der Waals surface area contributed by atoms with Crippen LogP contribution < -0.4 is 14.8 Å². The number of amides is 2. The summed E-state index contributed by atoms with van der Waals surface area (Å²) in [6.07, 6.45) is 4.37. The van der Waals surface area contributed by atoms with Crippen molar-refractivity contribution in [2.45, 2.75) is 52.9 Å². The van der Waals surface area contributed by atoms with Gasteiger partial charge >= 0.3 is 0 Å². The molecule has 1 N–H and O–H groups in total. The molecular weight excluding hydrogens is 356 g/mol. The molecule has 1 aromatic rings. The number of nitrogens with zero attached hydrogens (tertiary/aromatic N) is 1. The van der Waals surface area contributed by atoms with E-state index in [9.17, 15) is 9.59 Å². The molecule has 6 heteroatoms. The van der Waals surface area contributed by atoms with Crippen molar-refractivity contribution in [3.05, 3.63) is 23.8 Å². The van der Waals surface area contributed by atoms with Gasteiger partial charge in [-0.05, 0) is 50.3 Å². The van der Waals surface area contributed by atoms with Crippen molar-refractivity contribution in [2.75, 3.05) is 32.8 Å². The van der Waals surface area contributed by atoms with E-state index in [2.05, 4.69) is 5.32 Å². The lowest BCUT2D eigenvalue weighted by molar-refractivity contribution is -0.126. The maximum atomic E-state index is 13.0. The lowest BCUT2D eigenvalue weighted by Gasteiger charge is -2.32. The number of rotatable bonds is 10. The summed E-state index contributed by atoms with van der Waals surface area (Å²) in [6, 6.07) is 5.36. The van der Waals surface area contributed by atoms with Crippen LogP contribution in [0.5, 0.6) is 11.5 Å². The molecule has 0 saturated carbocycles. The lowest BCUT2D eigenvalue weighted by atomic mass is 9.96. The molecule has 2 amide bonds. The maximum Gasteiger partial charge on any atom is 0.254 e. The van der Waals surface area contributed by atoms with Crippen molar-refractivity contribution in [2.24, 2.45) is 5.92 Å². The predicted octanol–water partition coefficient (Wildman–Crippen LogP) is 3.64. The summed E-state index contributed by atoms with van der Waals surface area (Å²) in [6.45, 7) is 9.12. The monoisotopic (exact) mass is 390 g/mol. The van der Waals surface area contributed by atoms with Gasteiger partial charge in [-0.3, -0.25) is 9.59 Å². The second-order valence-corrected chi connectivity index (χ2v) is 7.24. The van der Waals surface area contributed by atoms with Gasteiger partial charge in [-0.15, -0.1) is 0 Å². The smallest absolute Gasteiger partial charge is 0.254 e. The third-order valence-corrected chi connectivity index (χ3v) is 4.74. The van der Waals surface area contributed by atoms with Gasteiger partial charge in [0.25, 0.3) is 5.91 Å². The predicted molar refractivity (Wildman–Crippen MR) is 110 cm³/mol. The summed E-state index contributed by atoms with van der Waals surface area (Å²) in [7, 11) is 0. The summed E-state index contributed by atoms with van der Waals surface area (Å²) >= 11 is 0. The Balaban J connectivity index is 2.10. The van der Waals surface area contributed by atoms with Gasteiger partial charge in [-0.2, -0.15) is 0 Å². The van der Waals surface area contributed by atoms with Crippen LogP contribution in [0, 0.1) is 5.92 Å². The van der Waals surface area contributed by atoms with Crippen LogP contribution in [0.3, 0.4) is 0 Å². The van der Waals surface area contributed by atoms with Gasteiger partial charge in [0.15, 0.2) is 11.5 Å². The summed E-state index contributed by atoms with van der Waals surface area (Å²) in [5.41, 5.74) is 0.574. The van der Waals surface area contributed by atoms with E-state index in [1.807, 2.05) is 26.8 Å². The molecule has 1 aliphatic rings. The number of nitrogens with one attached hydrogen (secondary N) is 1. The van der Waals surface area contributed by atoms with Crippen molar-refractivity contribution >= 4 is 11.8 Å². The first-order valence-corrected chi connectivity index (χ1v) is 10.6. The first-order chi connectivity index (χ1) is 13.6. The number of carbonyl (C=O) groups excluding carboxylic acids is 2. The molecule has 6 nitrogen and oxygen atoms in total. The molecule has 1 fully saturated rings. The van der Waals surface area contributed by atoms with Crippen LogP contribution in [0.2, 0.25) is 0 Å². The molecule has 1 heterocycles. The molecule has 0 bridgehead atoms. The van der Waals surface area contributed by atoms with Gasteiger partial charge in [-0.1, -0.05) is 20.8 Å². The van der Waals surface area contributed by atoms with Crippen molar-refractivity contribution in [1.29, 1.82) is 0 Å². The molecule has 156 valence electrons. The molecule has 1 aliphatic heterocycles. The topological polar surface area (TPSA) is 67.9 Å². The van der Waals surface area contributed by atoms with E-state index in [0.29, 0.717) is 49.9 Å². The fourth-order valence-corrected chi connectivity index (χ4v) is 3.25. The highest BCUT2D eigenvalue weighted by Crippen LogP contribution is 2.30. The van der Waals surface area contributed by atoms with Crippen LogP contribution in [-0.4, -0.2) is 49.6 Å². The van der Waals surface area contributed by atoms with Crippen molar-refractivity contribution in [1.82, 2.24) is 10.2 Å². The third kappa shape index (κ3) is 6.14. The van der Waals surface area contributed by atoms with E-state index < -0.39 is 0 Å². The van der Waals surface area contributed by atoms with Crippen LogP contribution in [0.15, 0.2) is 18.2 Å². The summed E-state index contributed by atoms with van der Waals surface area (Å²) in [5, 5.41) is 2.95. The molecule has 0 radical (unpaired) electrons. The zero-order valence-corrected chi connectivity index (χ0v) is 17.5. The Morgan fingerprint density at radius 3 is 2.46 bits per heavy atom. The highest BCUT2D eigenvalue weighted by molar-refractivity contribution is 5.95. The van der Waals surface area contributed by atoms with E-state index in [4.69, 9.17) is 9.47 Å². The van der Waals surface area contributed by atoms with Gasteiger partial charge in [0.2, 0.25) is 5.91 Å². The SMILES string of the molecule is CCCNC(=O)C1CCCN(C(=O)c2ccc(OCCC)c(OCCC)c2)C1. The minimum Gasteiger partial charge on any atom is -0.490 e. The van der Waals surface area contributed by atoms with Crippen LogP contribution in [0.1, 0.15) is 63.2 Å². The third-order valence-electron chi connectivity index (χ3n) is 4.74. The van der Waals surface area contributed by atoms with Crippen LogP contribution >= 0.6 is 0 Å². The lowest BCUT2D eigenvalue weighted by Crippen LogP contribution is -2.45. The Morgan fingerprint density at radius 2 is 1.79 bits per heavy atom. The summed E-state index contributed by atoms with van der Waals surface area (Å²) in [4.78, 5) is 27.1. The fourth-order valence-electron chi connectivity index (χ4n) is 3.25. The number of likely N-dealkylation sites (tertiary alicyclic amines) is 1. The molecule has 0 spiro atoms. The number of hydrogen-bond acceptors (Lipinski definition) is 4. The molecule has 0 aliphatic carbocycles. The average molecular weight is 391 g/mol. The molecule has 1 saturated heterocycles. The standard InChI is InChI=1S/C22H34N2O4/c1-4-11-23-21(25)18-8-7-12-24(16-18)22(26)17-9-10-19(27-13-5-2)20(15-17)28-14-6-3/h9-10,15,18H,4-8,11-14,16H2,1-3H3,(H,23,25). The molecule has 1 atom stereocenters. The van der Waals surface area contributed by atoms with Crippen LogP contribution in [0.4, 0.5) is 0 Å². The Hall–Kier alpha value is -2.24. The number of benzene rings is 1. The van der Waals surface area contributed by atoms with E-state index >= 15 is 0 Å². The van der Waals surface area contributed by atoms with Crippen LogP contribution in [-0.2, 0) is 4.79 Å². The molecule has 28 heavy (non-hydrogen) atoms. The summed E-state index contributed by atoms with van der Waals surface area (Å²) in [5.74, 6) is 1.14. The first-order valence-electron chi connectivity index (χ1n) is 10.6. The van der Waals surface area contributed by atoms with Gasteiger partial charge in [0.1, 0.15) is 0 Å². The van der Waals surface area contributed by atoms with Crippen molar-refractivity contribution in [3.8, 4) is 11.5 Å². The van der Waals surface area contributed by atoms with Crippen molar-refractivity contribution in [3.63, 3.8) is 0 Å². The number of piperidine rings is 1. The number of ether oxygens (including phenoxy) is 2. The Bertz CT molecular complexity index is 647. The largest absolute Gasteiger partial charge is 0.490 e. The van der Waals surface area contributed by atoms with E-state index in [1.54, 1.807) is 17.0 Å². The van der Waals surface area contributed by atoms with Gasteiger partial charge in [-0.25, -0.2) is 0 Å². The normalized spacial score (nSPS) is 16.5. The van der Waals surface area contributed by atoms with Gasteiger partial charge < -0.3 is 19.7 Å². The molecular formula is C22H34N2O4. The maximum absolute atomic E-state index is 13.0.